The molecular formula is C21H24F3N3O2. The van der Waals surface area contributed by atoms with Gasteiger partial charge in [-0.1, -0.05) is 0 Å². The fourth-order valence-corrected chi connectivity index (χ4v) is 4.86. The van der Waals surface area contributed by atoms with Crippen molar-refractivity contribution in [1.82, 2.24) is 4.90 Å². The molecule has 1 saturated carbocycles. The van der Waals surface area contributed by atoms with E-state index in [9.17, 15) is 18.0 Å². The number of rotatable bonds is 4. The Morgan fingerprint density at radius 3 is 2.72 bits per heavy atom. The van der Waals surface area contributed by atoms with Crippen molar-refractivity contribution >= 4 is 11.6 Å². The maximum Gasteiger partial charge on any atom is 0.417 e. The second-order valence-corrected chi connectivity index (χ2v) is 8.52. The zero-order valence-electron chi connectivity index (χ0n) is 16.3. The van der Waals surface area contributed by atoms with E-state index in [-0.39, 0.29) is 28.7 Å². The summed E-state index contributed by atoms with van der Waals surface area (Å²) >= 11 is 0. The molecule has 2 atom stereocenters. The number of anilines is 1. The second-order valence-electron chi connectivity index (χ2n) is 8.52. The first kappa shape index (κ1) is 20.0. The van der Waals surface area contributed by atoms with Gasteiger partial charge in [-0.25, -0.2) is 0 Å². The van der Waals surface area contributed by atoms with Crippen LogP contribution < -0.4 is 4.90 Å². The first-order valence-corrected chi connectivity index (χ1v) is 9.91. The number of benzene rings is 1. The number of methoxy groups -OCH3 is 1. The standard InChI is InChI=1S/C21H24F3N3O2/c1-29-13-20-6-7-26(10-16(20)11-27(12-20)19(28)14-2-3-14)17-5-4-15(9-25)18(8-17)21(22,23)24/h4-5,8,14,16H,2-3,6-7,10-13H2,1H3/t16-,20+/m1/s1. The van der Waals surface area contributed by atoms with Gasteiger partial charge in [-0.15, -0.1) is 0 Å². The van der Waals surface area contributed by atoms with Crippen molar-refractivity contribution < 1.29 is 22.7 Å². The second kappa shape index (κ2) is 7.21. The summed E-state index contributed by atoms with van der Waals surface area (Å²) in [6.07, 6.45) is -1.91. The number of halogens is 3. The molecule has 0 radical (unpaired) electrons. The largest absolute Gasteiger partial charge is 0.417 e. The predicted molar refractivity (Wildman–Crippen MR) is 100 cm³/mol. The molecule has 0 spiro atoms. The average molecular weight is 407 g/mol. The molecule has 1 aliphatic carbocycles. The molecule has 4 rings (SSSR count). The predicted octanol–water partition coefficient (Wildman–Crippen LogP) is 3.29. The first-order chi connectivity index (χ1) is 13.8. The molecule has 2 heterocycles. The number of carbonyl (C=O) groups is 1. The van der Waals surface area contributed by atoms with Crippen molar-refractivity contribution in [3.05, 3.63) is 29.3 Å². The molecule has 8 heteroatoms. The molecule has 0 unspecified atom stereocenters. The highest BCUT2D eigenvalue weighted by molar-refractivity contribution is 5.81. The molecule has 0 bridgehead atoms. The molecule has 2 saturated heterocycles. The number of likely N-dealkylation sites (tertiary alicyclic amines) is 1. The van der Waals surface area contributed by atoms with Crippen molar-refractivity contribution in [3.8, 4) is 6.07 Å². The first-order valence-electron chi connectivity index (χ1n) is 9.91. The van der Waals surface area contributed by atoms with Gasteiger partial charge in [0.15, 0.2) is 0 Å². The van der Waals surface area contributed by atoms with E-state index >= 15 is 0 Å². The molecule has 3 fully saturated rings. The summed E-state index contributed by atoms with van der Waals surface area (Å²) in [6, 6.07) is 5.53. The van der Waals surface area contributed by atoms with Crippen LogP contribution in [0.1, 0.15) is 30.4 Å². The molecule has 156 valence electrons. The summed E-state index contributed by atoms with van der Waals surface area (Å²) in [4.78, 5) is 16.5. The van der Waals surface area contributed by atoms with Crippen LogP contribution in [0.2, 0.25) is 0 Å². The minimum Gasteiger partial charge on any atom is -0.384 e. The number of fused-ring (bicyclic) bond motifs is 1. The quantitative estimate of drug-likeness (QED) is 0.769. The van der Waals surface area contributed by atoms with Crippen LogP contribution >= 0.6 is 0 Å². The van der Waals surface area contributed by atoms with Crippen molar-refractivity contribution in [2.24, 2.45) is 17.3 Å². The van der Waals surface area contributed by atoms with Gasteiger partial charge in [0.25, 0.3) is 0 Å². The summed E-state index contributed by atoms with van der Waals surface area (Å²) in [6.45, 7) is 2.99. The Morgan fingerprint density at radius 1 is 1.34 bits per heavy atom. The fourth-order valence-electron chi connectivity index (χ4n) is 4.86. The molecule has 2 aliphatic heterocycles. The number of alkyl halides is 3. The van der Waals surface area contributed by atoms with E-state index in [0.29, 0.717) is 38.5 Å². The van der Waals surface area contributed by atoms with E-state index in [0.717, 1.165) is 25.3 Å². The Labute approximate surface area is 168 Å². The number of amides is 1. The number of hydrogen-bond donors (Lipinski definition) is 0. The molecule has 5 nitrogen and oxygen atoms in total. The highest BCUT2D eigenvalue weighted by atomic mass is 19.4. The van der Waals surface area contributed by atoms with Gasteiger partial charge in [-0.05, 0) is 37.5 Å². The maximum absolute atomic E-state index is 13.4. The molecule has 1 aromatic rings. The summed E-state index contributed by atoms with van der Waals surface area (Å²) in [5, 5.41) is 9.02. The molecule has 3 aliphatic rings. The maximum atomic E-state index is 13.4. The van der Waals surface area contributed by atoms with E-state index < -0.39 is 11.7 Å². The van der Waals surface area contributed by atoms with Crippen molar-refractivity contribution in [2.45, 2.75) is 25.4 Å². The van der Waals surface area contributed by atoms with E-state index in [1.807, 2.05) is 9.80 Å². The van der Waals surface area contributed by atoms with Gasteiger partial charge in [-0.3, -0.25) is 4.79 Å². The lowest BCUT2D eigenvalue weighted by molar-refractivity contribution is -0.137. The Balaban J connectivity index is 1.57. The van der Waals surface area contributed by atoms with E-state index in [1.165, 1.54) is 6.07 Å². The van der Waals surface area contributed by atoms with Crippen molar-refractivity contribution in [2.75, 3.05) is 44.8 Å². The third-order valence-electron chi connectivity index (χ3n) is 6.60. The van der Waals surface area contributed by atoms with Gasteiger partial charge in [0.2, 0.25) is 5.91 Å². The molecule has 1 aromatic carbocycles. The van der Waals surface area contributed by atoms with E-state index in [1.54, 1.807) is 19.2 Å². The minimum atomic E-state index is -4.57. The highest BCUT2D eigenvalue weighted by Crippen LogP contribution is 2.46. The summed E-state index contributed by atoms with van der Waals surface area (Å²) in [5.41, 5.74) is -0.943. The Kier molecular flexibility index (Phi) is 4.97. The topological polar surface area (TPSA) is 56.6 Å². The SMILES string of the molecule is COC[C@@]12CCN(c3ccc(C#N)c(C(F)(F)F)c3)C[C@@H]1CN(C(=O)C1CC1)C2. The van der Waals surface area contributed by atoms with Crippen molar-refractivity contribution in [1.29, 1.82) is 5.26 Å². The Bertz CT molecular complexity index is 847. The van der Waals surface area contributed by atoms with Crippen LogP contribution in [0.4, 0.5) is 18.9 Å². The van der Waals surface area contributed by atoms with Gasteiger partial charge >= 0.3 is 6.18 Å². The van der Waals surface area contributed by atoms with E-state index in [4.69, 9.17) is 10.00 Å². The van der Waals surface area contributed by atoms with Crippen LogP contribution in [0.3, 0.4) is 0 Å². The number of hydrogen-bond acceptors (Lipinski definition) is 4. The highest BCUT2D eigenvalue weighted by Gasteiger charge is 2.52. The van der Waals surface area contributed by atoms with Crippen LogP contribution in [0.15, 0.2) is 18.2 Å². The van der Waals surface area contributed by atoms with Gasteiger partial charge in [0.05, 0.1) is 23.8 Å². The zero-order chi connectivity index (χ0) is 20.8. The monoisotopic (exact) mass is 407 g/mol. The fraction of sp³-hybridized carbons (Fsp3) is 0.619. The summed E-state index contributed by atoms with van der Waals surface area (Å²) < 4.78 is 45.5. The van der Waals surface area contributed by atoms with Gasteiger partial charge in [-0.2, -0.15) is 18.4 Å². The Hall–Kier alpha value is -2.27. The lowest BCUT2D eigenvalue weighted by Gasteiger charge is -2.44. The third-order valence-corrected chi connectivity index (χ3v) is 6.60. The normalized spacial score (nSPS) is 26.9. The van der Waals surface area contributed by atoms with Crippen LogP contribution in [-0.2, 0) is 15.7 Å². The zero-order valence-corrected chi connectivity index (χ0v) is 16.3. The lowest BCUT2D eigenvalue weighted by Crippen LogP contribution is -2.49. The van der Waals surface area contributed by atoms with Crippen LogP contribution in [-0.4, -0.2) is 50.7 Å². The third kappa shape index (κ3) is 3.68. The minimum absolute atomic E-state index is 0.142. The summed E-state index contributed by atoms with van der Waals surface area (Å²) in [7, 11) is 1.65. The van der Waals surface area contributed by atoms with Crippen LogP contribution in [0, 0.1) is 28.6 Å². The number of nitriles is 1. The smallest absolute Gasteiger partial charge is 0.384 e. The lowest BCUT2D eigenvalue weighted by atomic mass is 9.73. The van der Waals surface area contributed by atoms with Crippen LogP contribution in [0.5, 0.6) is 0 Å². The van der Waals surface area contributed by atoms with E-state index in [2.05, 4.69) is 0 Å². The molecule has 1 amide bonds. The van der Waals surface area contributed by atoms with Crippen LogP contribution in [0.25, 0.3) is 0 Å². The number of carbonyl (C=O) groups excluding carboxylic acids is 1. The van der Waals surface area contributed by atoms with Gasteiger partial charge in [0.1, 0.15) is 0 Å². The number of ether oxygens (including phenoxy) is 1. The number of piperidine rings is 1. The van der Waals surface area contributed by atoms with Gasteiger partial charge < -0.3 is 14.5 Å². The van der Waals surface area contributed by atoms with Gasteiger partial charge in [0, 0.05) is 56.2 Å². The van der Waals surface area contributed by atoms with Crippen molar-refractivity contribution in [3.63, 3.8) is 0 Å². The molecule has 29 heavy (non-hydrogen) atoms. The number of nitrogens with zero attached hydrogens (tertiary/aromatic N) is 3. The average Bonchev–Trinajstić information content (AvgIpc) is 3.47. The molecule has 0 aromatic heterocycles. The summed E-state index contributed by atoms with van der Waals surface area (Å²) in [5.74, 6) is 0.502. The Morgan fingerprint density at radius 2 is 2.10 bits per heavy atom. The molecular weight excluding hydrogens is 383 g/mol. The molecule has 0 N–H and O–H groups in total.